The highest BCUT2D eigenvalue weighted by molar-refractivity contribution is 7.89. The fraction of sp³-hybridized carbons (Fsp3) is 0.545. The van der Waals surface area contributed by atoms with Crippen LogP contribution < -0.4 is 10.3 Å². The van der Waals surface area contributed by atoms with Gasteiger partial charge in [0.1, 0.15) is 0 Å². The second kappa shape index (κ2) is 5.01. The average Bonchev–Trinajstić information content (AvgIpc) is 2.80. The molecule has 1 aromatic heterocycles. The predicted molar refractivity (Wildman–Crippen MR) is 64.2 cm³/mol. The van der Waals surface area contributed by atoms with E-state index in [0.29, 0.717) is 12.5 Å². The van der Waals surface area contributed by atoms with Gasteiger partial charge >= 0.3 is 0 Å². The largest absolute Gasteiger partial charge is 0.328 e. The molecular weight excluding hydrogens is 240 g/mol. The fourth-order valence-corrected chi connectivity index (χ4v) is 3.17. The van der Waals surface area contributed by atoms with E-state index in [1.54, 1.807) is 0 Å². The van der Waals surface area contributed by atoms with Crippen LogP contribution in [0.3, 0.4) is 0 Å². The predicted octanol–water partition coefficient (Wildman–Crippen LogP) is 0.843. The summed E-state index contributed by atoms with van der Waals surface area (Å²) >= 11 is 0. The average molecular weight is 256 g/mol. The first-order valence-electron chi connectivity index (χ1n) is 5.76. The molecule has 0 atom stereocenters. The standard InChI is InChI=1S/C11H16N2O3S/c14-11-6-5-10(8-12-11)17(15,16)13-7-9-3-1-2-4-9/h5-6,8-9,13H,1-4,7H2,(H,12,14). The summed E-state index contributed by atoms with van der Waals surface area (Å²) in [6, 6.07) is 2.53. The Morgan fingerprint density at radius 3 is 2.59 bits per heavy atom. The Kier molecular flexibility index (Phi) is 3.63. The highest BCUT2D eigenvalue weighted by Crippen LogP contribution is 2.24. The topological polar surface area (TPSA) is 79.0 Å². The van der Waals surface area contributed by atoms with E-state index in [1.807, 2.05) is 0 Å². The number of aromatic amines is 1. The highest BCUT2D eigenvalue weighted by atomic mass is 32.2. The van der Waals surface area contributed by atoms with E-state index in [4.69, 9.17) is 0 Å². The number of aromatic nitrogens is 1. The van der Waals surface area contributed by atoms with Gasteiger partial charge in [-0.05, 0) is 24.8 Å². The van der Waals surface area contributed by atoms with Gasteiger partial charge in [0.25, 0.3) is 0 Å². The number of hydrogen-bond acceptors (Lipinski definition) is 3. The Bertz CT molecular complexity index is 509. The lowest BCUT2D eigenvalue weighted by atomic mass is 10.1. The number of sulfonamides is 1. The molecule has 6 heteroatoms. The van der Waals surface area contributed by atoms with Gasteiger partial charge in [-0.3, -0.25) is 4.79 Å². The quantitative estimate of drug-likeness (QED) is 0.838. The summed E-state index contributed by atoms with van der Waals surface area (Å²) in [4.78, 5) is 13.3. The summed E-state index contributed by atoms with van der Waals surface area (Å²) in [6.45, 7) is 0.488. The molecule has 0 spiro atoms. The number of nitrogens with one attached hydrogen (secondary N) is 2. The second-order valence-electron chi connectivity index (χ2n) is 4.39. The number of pyridine rings is 1. The van der Waals surface area contributed by atoms with Crippen molar-refractivity contribution in [1.82, 2.24) is 9.71 Å². The zero-order valence-corrected chi connectivity index (χ0v) is 10.3. The van der Waals surface area contributed by atoms with Gasteiger partial charge < -0.3 is 4.98 Å². The number of rotatable bonds is 4. The van der Waals surface area contributed by atoms with Crippen LogP contribution in [0.5, 0.6) is 0 Å². The van der Waals surface area contributed by atoms with E-state index in [1.165, 1.54) is 31.2 Å². The van der Waals surface area contributed by atoms with Crippen molar-refractivity contribution in [2.75, 3.05) is 6.54 Å². The third-order valence-corrected chi connectivity index (χ3v) is 4.52. The molecule has 2 N–H and O–H groups in total. The number of H-pyrrole nitrogens is 1. The SMILES string of the molecule is O=c1ccc(S(=O)(=O)NCC2CCCC2)c[nH]1. The van der Waals surface area contributed by atoms with Crippen molar-refractivity contribution in [1.29, 1.82) is 0 Å². The molecule has 0 saturated heterocycles. The minimum Gasteiger partial charge on any atom is -0.328 e. The van der Waals surface area contributed by atoms with Crippen LogP contribution >= 0.6 is 0 Å². The molecule has 94 valence electrons. The summed E-state index contributed by atoms with van der Waals surface area (Å²) in [6.07, 6.45) is 5.78. The van der Waals surface area contributed by atoms with E-state index in [9.17, 15) is 13.2 Å². The molecule has 0 unspecified atom stereocenters. The summed E-state index contributed by atoms with van der Waals surface area (Å²) in [5.41, 5.74) is -0.306. The first-order chi connectivity index (χ1) is 8.08. The van der Waals surface area contributed by atoms with Crippen LogP contribution in [-0.2, 0) is 10.0 Å². The van der Waals surface area contributed by atoms with Crippen LogP contribution in [0.1, 0.15) is 25.7 Å². The lowest BCUT2D eigenvalue weighted by molar-refractivity contribution is 0.519. The molecule has 1 aliphatic carbocycles. The second-order valence-corrected chi connectivity index (χ2v) is 6.16. The summed E-state index contributed by atoms with van der Waals surface area (Å²) in [5, 5.41) is 0. The molecule has 17 heavy (non-hydrogen) atoms. The fourth-order valence-electron chi connectivity index (χ4n) is 2.09. The van der Waals surface area contributed by atoms with Crippen molar-refractivity contribution in [3.63, 3.8) is 0 Å². The van der Waals surface area contributed by atoms with Crippen LogP contribution in [0.25, 0.3) is 0 Å². The van der Waals surface area contributed by atoms with Gasteiger partial charge in [-0.2, -0.15) is 0 Å². The highest BCUT2D eigenvalue weighted by Gasteiger charge is 2.19. The van der Waals surface area contributed by atoms with Gasteiger partial charge in [0.05, 0.1) is 4.90 Å². The van der Waals surface area contributed by atoms with Crippen molar-refractivity contribution < 1.29 is 8.42 Å². The molecule has 2 rings (SSSR count). The lowest BCUT2D eigenvalue weighted by Gasteiger charge is -2.10. The van der Waals surface area contributed by atoms with E-state index in [-0.39, 0.29) is 10.5 Å². The van der Waals surface area contributed by atoms with Crippen molar-refractivity contribution >= 4 is 10.0 Å². The minimum atomic E-state index is -3.48. The molecule has 0 radical (unpaired) electrons. The van der Waals surface area contributed by atoms with Gasteiger partial charge in [-0.15, -0.1) is 0 Å². The zero-order valence-electron chi connectivity index (χ0n) is 9.48. The third kappa shape index (κ3) is 3.17. The van der Waals surface area contributed by atoms with Crippen molar-refractivity contribution in [3.05, 3.63) is 28.7 Å². The van der Waals surface area contributed by atoms with Crippen LogP contribution in [0.15, 0.2) is 28.0 Å². The maximum atomic E-state index is 11.9. The molecule has 1 aromatic rings. The molecule has 0 aliphatic heterocycles. The van der Waals surface area contributed by atoms with Crippen LogP contribution in [0.2, 0.25) is 0 Å². The van der Waals surface area contributed by atoms with Gasteiger partial charge in [0.2, 0.25) is 15.6 Å². The summed E-state index contributed by atoms with van der Waals surface area (Å²) in [5.74, 6) is 0.451. The van der Waals surface area contributed by atoms with Gasteiger partial charge in [0.15, 0.2) is 0 Å². The molecule has 0 amide bonds. The van der Waals surface area contributed by atoms with E-state index in [2.05, 4.69) is 9.71 Å². The van der Waals surface area contributed by atoms with Gasteiger partial charge in [-0.25, -0.2) is 13.1 Å². The first-order valence-corrected chi connectivity index (χ1v) is 7.25. The summed E-state index contributed by atoms with van der Waals surface area (Å²) < 4.78 is 26.3. The Morgan fingerprint density at radius 2 is 2.00 bits per heavy atom. The van der Waals surface area contributed by atoms with Crippen molar-refractivity contribution in [2.24, 2.45) is 5.92 Å². The normalized spacial score (nSPS) is 17.4. The first kappa shape index (κ1) is 12.3. The number of hydrogen-bond donors (Lipinski definition) is 2. The molecular formula is C11H16N2O3S. The molecule has 5 nitrogen and oxygen atoms in total. The van der Waals surface area contributed by atoms with E-state index < -0.39 is 10.0 Å². The Balaban J connectivity index is 2.02. The van der Waals surface area contributed by atoms with E-state index in [0.717, 1.165) is 12.8 Å². The Morgan fingerprint density at radius 1 is 1.29 bits per heavy atom. The lowest BCUT2D eigenvalue weighted by Crippen LogP contribution is -2.29. The maximum Gasteiger partial charge on any atom is 0.247 e. The molecule has 0 bridgehead atoms. The molecule has 1 fully saturated rings. The molecule has 0 aromatic carbocycles. The Hall–Kier alpha value is -1.14. The maximum absolute atomic E-state index is 11.9. The van der Waals surface area contributed by atoms with Crippen molar-refractivity contribution in [2.45, 2.75) is 30.6 Å². The van der Waals surface area contributed by atoms with E-state index >= 15 is 0 Å². The van der Waals surface area contributed by atoms with Crippen LogP contribution in [0.4, 0.5) is 0 Å². The Labute approximate surface area is 100 Å². The van der Waals surface area contributed by atoms with Gasteiger partial charge in [0, 0.05) is 18.8 Å². The molecule has 1 aliphatic rings. The monoisotopic (exact) mass is 256 g/mol. The molecule has 1 saturated carbocycles. The van der Waals surface area contributed by atoms with Crippen molar-refractivity contribution in [3.8, 4) is 0 Å². The minimum absolute atomic E-state index is 0.107. The van der Waals surface area contributed by atoms with Crippen LogP contribution in [-0.4, -0.2) is 19.9 Å². The molecule has 1 heterocycles. The smallest absolute Gasteiger partial charge is 0.247 e. The van der Waals surface area contributed by atoms with Gasteiger partial charge in [-0.1, -0.05) is 12.8 Å². The van der Waals surface area contributed by atoms with Crippen LogP contribution in [0, 0.1) is 5.92 Å². The summed E-state index contributed by atoms with van der Waals surface area (Å²) in [7, 11) is -3.48. The zero-order chi connectivity index (χ0) is 12.3. The third-order valence-electron chi connectivity index (χ3n) is 3.10.